The zero-order valence-corrected chi connectivity index (χ0v) is 12.0. The molecule has 19 heavy (non-hydrogen) atoms. The molecule has 1 amide bonds. The first-order chi connectivity index (χ1) is 9.13. The van der Waals surface area contributed by atoms with Crippen molar-refractivity contribution in [1.29, 1.82) is 0 Å². The van der Waals surface area contributed by atoms with E-state index in [1.807, 2.05) is 0 Å². The quantitative estimate of drug-likeness (QED) is 0.911. The van der Waals surface area contributed by atoms with Crippen LogP contribution in [-0.2, 0) is 0 Å². The first kappa shape index (κ1) is 13.2. The molecule has 3 aliphatic rings. The highest BCUT2D eigenvalue weighted by Gasteiger charge is 2.35. The maximum absolute atomic E-state index is 12.3. The molecule has 1 atom stereocenters. The molecule has 0 spiro atoms. The molecule has 5 heteroatoms. The molecule has 3 aliphatic heterocycles. The fourth-order valence-corrected chi connectivity index (χ4v) is 3.54. The summed E-state index contributed by atoms with van der Waals surface area (Å²) >= 11 is 11.9. The molecular formula is C14H16Cl2N2O. The third kappa shape index (κ3) is 2.73. The number of carbonyl (C=O) groups excluding carboxylic acids is 1. The van der Waals surface area contributed by atoms with Gasteiger partial charge in [0, 0.05) is 17.6 Å². The van der Waals surface area contributed by atoms with Crippen molar-refractivity contribution >= 4 is 29.1 Å². The van der Waals surface area contributed by atoms with Gasteiger partial charge in [0.1, 0.15) is 0 Å². The molecule has 2 bridgehead atoms. The third-order valence-corrected chi connectivity index (χ3v) is 4.70. The van der Waals surface area contributed by atoms with Gasteiger partial charge in [-0.15, -0.1) is 0 Å². The number of halogens is 2. The van der Waals surface area contributed by atoms with Crippen LogP contribution >= 0.6 is 23.2 Å². The van der Waals surface area contributed by atoms with Gasteiger partial charge < -0.3 is 10.2 Å². The predicted molar refractivity (Wildman–Crippen MR) is 76.9 cm³/mol. The van der Waals surface area contributed by atoms with Crippen LogP contribution in [0, 0.1) is 5.92 Å². The lowest BCUT2D eigenvalue weighted by atomic mass is 9.84. The molecule has 3 nitrogen and oxygen atoms in total. The summed E-state index contributed by atoms with van der Waals surface area (Å²) < 4.78 is 0. The van der Waals surface area contributed by atoms with E-state index in [9.17, 15) is 4.79 Å². The molecule has 0 aliphatic carbocycles. The summed E-state index contributed by atoms with van der Waals surface area (Å²) in [6.07, 6.45) is 2.36. The van der Waals surface area contributed by atoms with Gasteiger partial charge in [-0.3, -0.25) is 4.79 Å². The summed E-state index contributed by atoms with van der Waals surface area (Å²) in [6.45, 7) is 3.29. The van der Waals surface area contributed by atoms with Crippen molar-refractivity contribution in [2.45, 2.75) is 18.9 Å². The van der Waals surface area contributed by atoms with Gasteiger partial charge in [0.05, 0.1) is 10.6 Å². The molecule has 1 unspecified atom stereocenters. The Hall–Kier alpha value is -0.770. The van der Waals surface area contributed by atoms with Crippen LogP contribution in [0.5, 0.6) is 0 Å². The maximum Gasteiger partial charge on any atom is 0.253 e. The second-order valence-corrected chi connectivity index (χ2v) is 6.19. The molecule has 3 fully saturated rings. The van der Waals surface area contributed by atoms with Gasteiger partial charge in [-0.05, 0) is 50.0 Å². The lowest BCUT2D eigenvalue weighted by Crippen LogP contribution is -2.57. The number of rotatable bonds is 2. The van der Waals surface area contributed by atoms with Crippen LogP contribution < -0.4 is 5.32 Å². The van der Waals surface area contributed by atoms with E-state index in [0.717, 1.165) is 6.54 Å². The molecule has 0 saturated carbocycles. The minimum atomic E-state index is -0.0968. The van der Waals surface area contributed by atoms with E-state index in [1.165, 1.54) is 25.9 Å². The van der Waals surface area contributed by atoms with Gasteiger partial charge in [-0.1, -0.05) is 23.2 Å². The van der Waals surface area contributed by atoms with Crippen LogP contribution in [0.25, 0.3) is 0 Å². The first-order valence-electron chi connectivity index (χ1n) is 6.62. The first-order valence-corrected chi connectivity index (χ1v) is 7.37. The monoisotopic (exact) mass is 298 g/mol. The highest BCUT2D eigenvalue weighted by Crippen LogP contribution is 2.28. The Morgan fingerprint density at radius 2 is 2.00 bits per heavy atom. The van der Waals surface area contributed by atoms with Gasteiger partial charge in [-0.25, -0.2) is 0 Å². The van der Waals surface area contributed by atoms with Crippen LogP contribution in [0.15, 0.2) is 18.2 Å². The van der Waals surface area contributed by atoms with E-state index in [0.29, 0.717) is 21.5 Å². The summed E-state index contributed by atoms with van der Waals surface area (Å²) in [5.74, 6) is 0.514. The maximum atomic E-state index is 12.3. The Labute approximate surface area is 122 Å². The molecule has 102 valence electrons. The Balaban J connectivity index is 1.71. The minimum Gasteiger partial charge on any atom is -0.348 e. The molecule has 3 heterocycles. The molecule has 1 aromatic rings. The van der Waals surface area contributed by atoms with Gasteiger partial charge in [-0.2, -0.15) is 0 Å². The second-order valence-electron chi connectivity index (χ2n) is 5.34. The molecule has 0 radical (unpaired) electrons. The average molecular weight is 299 g/mol. The molecule has 4 rings (SSSR count). The average Bonchev–Trinajstić information content (AvgIpc) is 2.39. The third-order valence-electron chi connectivity index (χ3n) is 4.15. The van der Waals surface area contributed by atoms with Crippen LogP contribution in [0.4, 0.5) is 0 Å². The topological polar surface area (TPSA) is 32.3 Å². The van der Waals surface area contributed by atoms with Crippen molar-refractivity contribution in [2.75, 3.05) is 19.6 Å². The van der Waals surface area contributed by atoms with Crippen LogP contribution in [-0.4, -0.2) is 36.5 Å². The summed E-state index contributed by atoms with van der Waals surface area (Å²) in [5, 5.41) is 4.07. The van der Waals surface area contributed by atoms with Gasteiger partial charge in [0.25, 0.3) is 5.91 Å². The highest BCUT2D eigenvalue weighted by molar-refractivity contribution is 6.36. The van der Waals surface area contributed by atoms with E-state index in [2.05, 4.69) is 10.2 Å². The largest absolute Gasteiger partial charge is 0.348 e. The number of fused-ring (bicyclic) bond motifs is 3. The summed E-state index contributed by atoms with van der Waals surface area (Å²) in [6, 6.07) is 5.23. The smallest absolute Gasteiger partial charge is 0.253 e. The predicted octanol–water partition coefficient (Wildman–Crippen LogP) is 2.82. The van der Waals surface area contributed by atoms with Crippen LogP contribution in [0.1, 0.15) is 23.2 Å². The van der Waals surface area contributed by atoms with Gasteiger partial charge in [0.2, 0.25) is 0 Å². The Kier molecular flexibility index (Phi) is 3.70. The van der Waals surface area contributed by atoms with Gasteiger partial charge >= 0.3 is 0 Å². The standard InChI is InChI=1S/C14H16Cl2N2O/c15-10-1-2-11(12(16)7-10)14(19)17-13-8-18-5-3-9(13)4-6-18/h1-2,7,9,13H,3-6,8H2,(H,17,19). The van der Waals surface area contributed by atoms with Crippen LogP contribution in [0.2, 0.25) is 10.0 Å². The Bertz CT molecular complexity index is 498. The number of hydrogen-bond acceptors (Lipinski definition) is 2. The van der Waals surface area contributed by atoms with E-state index < -0.39 is 0 Å². The van der Waals surface area contributed by atoms with Crippen molar-refractivity contribution in [3.8, 4) is 0 Å². The van der Waals surface area contributed by atoms with Crippen molar-refractivity contribution in [1.82, 2.24) is 10.2 Å². The SMILES string of the molecule is O=C(NC1CN2CCC1CC2)c1ccc(Cl)cc1Cl. The zero-order chi connectivity index (χ0) is 13.4. The number of amides is 1. The number of carbonyl (C=O) groups is 1. The Morgan fingerprint density at radius 3 is 2.58 bits per heavy atom. The van der Waals surface area contributed by atoms with Crippen LogP contribution in [0.3, 0.4) is 0 Å². The van der Waals surface area contributed by atoms with Gasteiger partial charge in [0.15, 0.2) is 0 Å². The summed E-state index contributed by atoms with van der Waals surface area (Å²) in [5.41, 5.74) is 0.502. The fourth-order valence-electron chi connectivity index (χ4n) is 3.05. The van der Waals surface area contributed by atoms with E-state index in [1.54, 1.807) is 18.2 Å². The number of nitrogens with zero attached hydrogens (tertiary/aromatic N) is 1. The number of hydrogen-bond donors (Lipinski definition) is 1. The molecule has 1 aromatic carbocycles. The lowest BCUT2D eigenvalue weighted by molar-refractivity contribution is 0.0620. The number of benzene rings is 1. The van der Waals surface area contributed by atoms with Crippen molar-refractivity contribution in [3.05, 3.63) is 33.8 Å². The molecule has 0 aromatic heterocycles. The number of piperidine rings is 3. The minimum absolute atomic E-state index is 0.0968. The second kappa shape index (κ2) is 5.31. The van der Waals surface area contributed by atoms with E-state index >= 15 is 0 Å². The summed E-state index contributed by atoms with van der Waals surface area (Å²) in [4.78, 5) is 14.7. The Morgan fingerprint density at radius 1 is 1.26 bits per heavy atom. The zero-order valence-electron chi connectivity index (χ0n) is 10.5. The lowest BCUT2D eigenvalue weighted by Gasteiger charge is -2.44. The summed E-state index contributed by atoms with van der Waals surface area (Å²) in [7, 11) is 0. The van der Waals surface area contributed by atoms with Crippen molar-refractivity contribution < 1.29 is 4.79 Å². The molecule has 1 N–H and O–H groups in total. The highest BCUT2D eigenvalue weighted by atomic mass is 35.5. The van der Waals surface area contributed by atoms with Crippen molar-refractivity contribution in [2.24, 2.45) is 5.92 Å². The molecule has 3 saturated heterocycles. The number of nitrogens with one attached hydrogen (secondary N) is 1. The van der Waals surface area contributed by atoms with E-state index in [-0.39, 0.29) is 11.9 Å². The normalized spacial score (nSPS) is 29.3. The molecular weight excluding hydrogens is 283 g/mol. The fraction of sp³-hybridized carbons (Fsp3) is 0.500. The van der Waals surface area contributed by atoms with E-state index in [4.69, 9.17) is 23.2 Å². The van der Waals surface area contributed by atoms with Crippen molar-refractivity contribution in [3.63, 3.8) is 0 Å².